The van der Waals surface area contributed by atoms with E-state index in [-0.39, 0.29) is 5.82 Å². The van der Waals surface area contributed by atoms with Gasteiger partial charge in [0.2, 0.25) is 0 Å². The molecule has 0 amide bonds. The van der Waals surface area contributed by atoms with E-state index in [4.69, 9.17) is 0 Å². The standard InChI is InChI=1S/C8H7F2/c1-2-6-5-7(9)3-4-8(6)10/h2-5H,1H3. The molecule has 1 aromatic carbocycles. The van der Waals surface area contributed by atoms with E-state index in [2.05, 4.69) is 0 Å². The maximum Gasteiger partial charge on any atom is 0.126 e. The first-order chi connectivity index (χ1) is 4.74. The molecule has 0 nitrogen and oxygen atoms in total. The zero-order valence-electron chi connectivity index (χ0n) is 5.57. The summed E-state index contributed by atoms with van der Waals surface area (Å²) < 4.78 is 24.9. The van der Waals surface area contributed by atoms with Gasteiger partial charge in [-0.1, -0.05) is 6.92 Å². The lowest BCUT2D eigenvalue weighted by Gasteiger charge is -1.96. The molecule has 0 heterocycles. The lowest BCUT2D eigenvalue weighted by Crippen LogP contribution is -1.86. The Morgan fingerprint density at radius 2 is 2.00 bits per heavy atom. The first-order valence-corrected chi connectivity index (χ1v) is 2.98. The number of rotatable bonds is 1. The lowest BCUT2D eigenvalue weighted by atomic mass is 10.1. The van der Waals surface area contributed by atoms with Gasteiger partial charge in [0.05, 0.1) is 0 Å². The summed E-state index contributed by atoms with van der Waals surface area (Å²) >= 11 is 0. The zero-order chi connectivity index (χ0) is 7.56. The molecule has 0 saturated heterocycles. The highest BCUT2D eigenvalue weighted by atomic mass is 19.1. The molecule has 0 unspecified atom stereocenters. The van der Waals surface area contributed by atoms with E-state index in [9.17, 15) is 8.78 Å². The first-order valence-electron chi connectivity index (χ1n) is 2.98. The molecule has 2 heteroatoms. The summed E-state index contributed by atoms with van der Waals surface area (Å²) in [6, 6.07) is 3.38. The molecule has 10 heavy (non-hydrogen) atoms. The Balaban J connectivity index is 3.09. The summed E-state index contributed by atoms with van der Waals surface area (Å²) in [7, 11) is 0. The van der Waals surface area contributed by atoms with Crippen LogP contribution >= 0.6 is 0 Å². The highest BCUT2D eigenvalue weighted by Gasteiger charge is 1.99. The smallest absolute Gasteiger partial charge is 0.126 e. The van der Waals surface area contributed by atoms with E-state index in [0.29, 0.717) is 5.56 Å². The van der Waals surface area contributed by atoms with E-state index in [1.807, 2.05) is 0 Å². The third-order valence-corrected chi connectivity index (χ3v) is 1.27. The molecule has 1 rings (SSSR count). The van der Waals surface area contributed by atoms with Gasteiger partial charge in [0.15, 0.2) is 0 Å². The van der Waals surface area contributed by atoms with Gasteiger partial charge in [0.1, 0.15) is 11.6 Å². The molecule has 53 valence electrons. The van der Waals surface area contributed by atoms with Crippen LogP contribution in [0.1, 0.15) is 12.5 Å². The first kappa shape index (κ1) is 7.19. The van der Waals surface area contributed by atoms with Crippen molar-refractivity contribution in [1.82, 2.24) is 0 Å². The largest absolute Gasteiger partial charge is 0.207 e. The fraction of sp³-hybridized carbons (Fsp3) is 0.125. The predicted octanol–water partition coefficient (Wildman–Crippen LogP) is 2.54. The number of hydrogen-bond donors (Lipinski definition) is 0. The van der Waals surface area contributed by atoms with Crippen LogP contribution in [0.25, 0.3) is 0 Å². The number of halogens is 2. The van der Waals surface area contributed by atoms with Crippen molar-refractivity contribution >= 4 is 0 Å². The van der Waals surface area contributed by atoms with Gasteiger partial charge >= 0.3 is 0 Å². The molecule has 0 aromatic heterocycles. The molecule has 0 saturated carbocycles. The molecule has 0 aliphatic rings. The normalized spacial score (nSPS) is 9.90. The van der Waals surface area contributed by atoms with E-state index in [1.54, 1.807) is 6.92 Å². The van der Waals surface area contributed by atoms with Crippen LogP contribution in [0, 0.1) is 18.1 Å². The quantitative estimate of drug-likeness (QED) is 0.563. The molecule has 0 aliphatic heterocycles. The summed E-state index contributed by atoms with van der Waals surface area (Å²) in [6.07, 6.45) is 1.53. The fourth-order valence-electron chi connectivity index (χ4n) is 0.736. The Morgan fingerprint density at radius 1 is 1.30 bits per heavy atom. The molecule has 0 spiro atoms. The zero-order valence-corrected chi connectivity index (χ0v) is 5.57. The van der Waals surface area contributed by atoms with Gasteiger partial charge in [-0.25, -0.2) is 8.78 Å². The molecule has 0 bridgehead atoms. The van der Waals surface area contributed by atoms with Crippen LogP contribution in [0.2, 0.25) is 0 Å². The summed E-state index contributed by atoms with van der Waals surface area (Å²) in [4.78, 5) is 0. The molecule has 1 radical (unpaired) electrons. The molecular weight excluding hydrogens is 134 g/mol. The fourth-order valence-corrected chi connectivity index (χ4v) is 0.736. The van der Waals surface area contributed by atoms with Crippen molar-refractivity contribution in [2.24, 2.45) is 0 Å². The van der Waals surface area contributed by atoms with Crippen molar-refractivity contribution in [1.29, 1.82) is 0 Å². The van der Waals surface area contributed by atoms with Crippen LogP contribution in [-0.2, 0) is 0 Å². The summed E-state index contributed by atoms with van der Waals surface area (Å²) in [5.41, 5.74) is 0.306. The average molecular weight is 141 g/mol. The van der Waals surface area contributed by atoms with Gasteiger partial charge in [0.25, 0.3) is 0 Å². The molecule has 0 atom stereocenters. The maximum absolute atomic E-state index is 12.6. The van der Waals surface area contributed by atoms with Crippen LogP contribution in [0.5, 0.6) is 0 Å². The van der Waals surface area contributed by atoms with Crippen molar-refractivity contribution < 1.29 is 8.78 Å². The molecule has 1 aromatic rings. The third-order valence-electron chi connectivity index (χ3n) is 1.27. The van der Waals surface area contributed by atoms with Gasteiger partial charge < -0.3 is 0 Å². The van der Waals surface area contributed by atoms with Crippen molar-refractivity contribution in [2.75, 3.05) is 0 Å². The number of benzene rings is 1. The third kappa shape index (κ3) is 1.32. The second kappa shape index (κ2) is 2.78. The Hall–Kier alpha value is -0.920. The van der Waals surface area contributed by atoms with Crippen molar-refractivity contribution in [2.45, 2.75) is 6.92 Å². The minimum Gasteiger partial charge on any atom is -0.207 e. The van der Waals surface area contributed by atoms with Gasteiger partial charge in [-0.2, -0.15) is 0 Å². The SMILES string of the molecule is C[CH]c1cc(F)ccc1F. The van der Waals surface area contributed by atoms with Crippen LogP contribution in [-0.4, -0.2) is 0 Å². The van der Waals surface area contributed by atoms with Crippen molar-refractivity contribution in [3.8, 4) is 0 Å². The van der Waals surface area contributed by atoms with E-state index in [1.165, 1.54) is 6.42 Å². The van der Waals surface area contributed by atoms with E-state index in [0.717, 1.165) is 18.2 Å². The molecule has 0 aliphatic carbocycles. The summed E-state index contributed by atoms with van der Waals surface area (Å²) in [5.74, 6) is -0.793. The van der Waals surface area contributed by atoms with Gasteiger partial charge in [-0.05, 0) is 30.2 Å². The summed E-state index contributed by atoms with van der Waals surface area (Å²) in [5, 5.41) is 0. The van der Waals surface area contributed by atoms with Gasteiger partial charge in [-0.15, -0.1) is 0 Å². The predicted molar refractivity (Wildman–Crippen MR) is 35.4 cm³/mol. The Bertz CT molecular complexity index is 231. The topological polar surface area (TPSA) is 0 Å². The average Bonchev–Trinajstić information content (AvgIpc) is 1.94. The van der Waals surface area contributed by atoms with Crippen LogP contribution in [0.15, 0.2) is 18.2 Å². The van der Waals surface area contributed by atoms with E-state index >= 15 is 0 Å². The van der Waals surface area contributed by atoms with Crippen LogP contribution < -0.4 is 0 Å². The lowest BCUT2D eigenvalue weighted by molar-refractivity contribution is 0.594. The highest BCUT2D eigenvalue weighted by molar-refractivity contribution is 5.24. The Labute approximate surface area is 58.5 Å². The van der Waals surface area contributed by atoms with Gasteiger partial charge in [0, 0.05) is 0 Å². The maximum atomic E-state index is 12.6. The molecule has 0 N–H and O–H groups in total. The minimum atomic E-state index is -0.408. The van der Waals surface area contributed by atoms with Crippen LogP contribution in [0.4, 0.5) is 8.78 Å². The second-order valence-corrected chi connectivity index (χ2v) is 1.95. The van der Waals surface area contributed by atoms with Crippen molar-refractivity contribution in [3.05, 3.63) is 41.8 Å². The Kier molecular flexibility index (Phi) is 2.00. The van der Waals surface area contributed by atoms with Crippen LogP contribution in [0.3, 0.4) is 0 Å². The highest BCUT2D eigenvalue weighted by Crippen LogP contribution is 2.10. The minimum absolute atomic E-state index is 0.306. The van der Waals surface area contributed by atoms with Crippen molar-refractivity contribution in [3.63, 3.8) is 0 Å². The number of hydrogen-bond acceptors (Lipinski definition) is 0. The Morgan fingerprint density at radius 3 is 2.50 bits per heavy atom. The molecule has 0 fully saturated rings. The van der Waals surface area contributed by atoms with Gasteiger partial charge in [-0.3, -0.25) is 0 Å². The monoisotopic (exact) mass is 141 g/mol. The van der Waals surface area contributed by atoms with E-state index < -0.39 is 5.82 Å². The molecular formula is C8H7F2. The second-order valence-electron chi connectivity index (χ2n) is 1.95. The summed E-state index contributed by atoms with van der Waals surface area (Å²) in [6.45, 7) is 1.66.